The minimum absolute atomic E-state index is 0.183. The zero-order valence-corrected chi connectivity index (χ0v) is 5.02. The van der Waals surface area contributed by atoms with Crippen LogP contribution in [0.25, 0.3) is 0 Å². The van der Waals surface area contributed by atoms with Gasteiger partial charge in [0.1, 0.15) is 6.10 Å². The van der Waals surface area contributed by atoms with E-state index in [4.69, 9.17) is 10.2 Å². The Morgan fingerprint density at radius 2 is 2.11 bits per heavy atom. The molecule has 9 heavy (non-hydrogen) atoms. The van der Waals surface area contributed by atoms with Crippen molar-refractivity contribution < 1.29 is 15.1 Å². The van der Waals surface area contributed by atoms with Crippen molar-refractivity contribution in [3.8, 4) is 0 Å². The first kappa shape index (κ1) is 8.32. The number of aliphatic hydroxyl groups is 2. The van der Waals surface area contributed by atoms with Crippen LogP contribution >= 0.6 is 0 Å². The Labute approximate surface area is 52.1 Å². The summed E-state index contributed by atoms with van der Waals surface area (Å²) in [5.41, 5.74) is 0. The molecule has 0 aliphatic carbocycles. The average Bonchev–Trinajstić information content (AvgIpc) is 1.84. The monoisotopic (exact) mass is 135 g/mol. The van der Waals surface area contributed by atoms with E-state index in [9.17, 15) is 10.1 Å². The zero-order valence-electron chi connectivity index (χ0n) is 5.02. The van der Waals surface area contributed by atoms with E-state index in [1.54, 1.807) is 6.92 Å². The van der Waals surface area contributed by atoms with Crippen LogP contribution in [0.4, 0.5) is 0 Å². The van der Waals surface area contributed by atoms with E-state index in [-0.39, 0.29) is 6.42 Å². The molecule has 0 aromatic rings. The second-order valence-electron chi connectivity index (χ2n) is 1.67. The molecular formula is C4H9NO4. The van der Waals surface area contributed by atoms with Crippen LogP contribution in [0.15, 0.2) is 0 Å². The Balaban J connectivity index is 3.72. The molecule has 0 amide bonds. The van der Waals surface area contributed by atoms with Crippen LogP contribution in [-0.4, -0.2) is 27.5 Å². The molecule has 0 fully saturated rings. The van der Waals surface area contributed by atoms with Gasteiger partial charge >= 0.3 is 6.23 Å². The fraction of sp³-hybridized carbons (Fsp3) is 1.00. The maximum Gasteiger partial charge on any atom is 0.338 e. The third-order valence-corrected chi connectivity index (χ3v) is 0.978. The predicted molar refractivity (Wildman–Crippen MR) is 29.3 cm³/mol. The molecule has 2 N–H and O–H groups in total. The summed E-state index contributed by atoms with van der Waals surface area (Å²) in [6.07, 6.45) is -2.91. The fourth-order valence-corrected chi connectivity index (χ4v) is 0.351. The second kappa shape index (κ2) is 3.37. The molecule has 5 heteroatoms. The van der Waals surface area contributed by atoms with Gasteiger partial charge in [0.2, 0.25) is 0 Å². The minimum atomic E-state index is -1.84. The Hall–Kier alpha value is -0.680. The molecule has 54 valence electrons. The van der Waals surface area contributed by atoms with E-state index in [0.717, 1.165) is 0 Å². The summed E-state index contributed by atoms with van der Waals surface area (Å²) in [7, 11) is 0. The molecule has 0 heterocycles. The average molecular weight is 135 g/mol. The summed E-state index contributed by atoms with van der Waals surface area (Å²) >= 11 is 0. The first-order chi connectivity index (χ1) is 4.09. The third-order valence-electron chi connectivity index (χ3n) is 0.978. The molecule has 2 atom stereocenters. The van der Waals surface area contributed by atoms with Gasteiger partial charge in [-0.3, -0.25) is 10.1 Å². The van der Waals surface area contributed by atoms with E-state index in [1.165, 1.54) is 0 Å². The van der Waals surface area contributed by atoms with Gasteiger partial charge in [0.15, 0.2) is 0 Å². The summed E-state index contributed by atoms with van der Waals surface area (Å²) in [5, 5.41) is 26.7. The van der Waals surface area contributed by atoms with Crippen LogP contribution < -0.4 is 0 Å². The maximum atomic E-state index is 9.70. The van der Waals surface area contributed by atoms with Gasteiger partial charge in [0.05, 0.1) is 4.92 Å². The number of hydrogen-bond donors (Lipinski definition) is 2. The van der Waals surface area contributed by atoms with E-state index >= 15 is 0 Å². The smallest absolute Gasteiger partial charge is 0.338 e. The van der Waals surface area contributed by atoms with Crippen molar-refractivity contribution in [3.63, 3.8) is 0 Å². The zero-order chi connectivity index (χ0) is 7.44. The van der Waals surface area contributed by atoms with Gasteiger partial charge < -0.3 is 10.2 Å². The molecule has 2 unspecified atom stereocenters. The molecule has 0 saturated carbocycles. The number of nitro groups is 1. The molecule has 0 aliphatic heterocycles. The van der Waals surface area contributed by atoms with Crippen LogP contribution in [0, 0.1) is 10.1 Å². The first-order valence-electron chi connectivity index (χ1n) is 2.59. The Bertz CT molecular complexity index is 105. The molecule has 0 bridgehead atoms. The quantitative estimate of drug-likeness (QED) is 0.306. The summed E-state index contributed by atoms with van der Waals surface area (Å²) in [5.74, 6) is 0. The Morgan fingerprint density at radius 1 is 1.67 bits per heavy atom. The molecule has 0 spiro atoms. The van der Waals surface area contributed by atoms with Crippen molar-refractivity contribution in [3.05, 3.63) is 10.1 Å². The van der Waals surface area contributed by atoms with Crippen molar-refractivity contribution in [1.29, 1.82) is 0 Å². The molecule has 0 aliphatic rings. The largest absolute Gasteiger partial charge is 0.383 e. The fourth-order valence-electron chi connectivity index (χ4n) is 0.351. The van der Waals surface area contributed by atoms with Crippen molar-refractivity contribution in [2.45, 2.75) is 25.7 Å². The SMILES string of the molecule is CCC(O)C(O)[N+](=O)[O-]. The Kier molecular flexibility index (Phi) is 3.11. The van der Waals surface area contributed by atoms with Gasteiger partial charge in [-0.2, -0.15) is 0 Å². The molecular weight excluding hydrogens is 126 g/mol. The lowest BCUT2D eigenvalue weighted by molar-refractivity contribution is -0.582. The highest BCUT2D eigenvalue weighted by Gasteiger charge is 2.24. The predicted octanol–water partition coefficient (Wildman–Crippen LogP) is -0.648. The summed E-state index contributed by atoms with van der Waals surface area (Å²) < 4.78 is 0. The van der Waals surface area contributed by atoms with Gasteiger partial charge in [-0.15, -0.1) is 0 Å². The third kappa shape index (κ3) is 2.39. The van der Waals surface area contributed by atoms with E-state index < -0.39 is 17.3 Å². The lowest BCUT2D eigenvalue weighted by Crippen LogP contribution is -2.32. The van der Waals surface area contributed by atoms with E-state index in [0.29, 0.717) is 0 Å². The van der Waals surface area contributed by atoms with Crippen molar-refractivity contribution >= 4 is 0 Å². The van der Waals surface area contributed by atoms with Crippen LogP contribution in [0.1, 0.15) is 13.3 Å². The van der Waals surface area contributed by atoms with E-state index in [2.05, 4.69) is 0 Å². The normalized spacial score (nSPS) is 16.8. The topological polar surface area (TPSA) is 83.6 Å². The highest BCUT2D eigenvalue weighted by molar-refractivity contribution is 4.52. The van der Waals surface area contributed by atoms with Crippen molar-refractivity contribution in [2.24, 2.45) is 0 Å². The molecule has 0 rings (SSSR count). The number of hydrogen-bond acceptors (Lipinski definition) is 4. The first-order valence-corrected chi connectivity index (χ1v) is 2.59. The van der Waals surface area contributed by atoms with Gasteiger partial charge in [0.25, 0.3) is 0 Å². The van der Waals surface area contributed by atoms with Gasteiger partial charge in [-0.1, -0.05) is 6.92 Å². The second-order valence-corrected chi connectivity index (χ2v) is 1.67. The number of aliphatic hydroxyl groups excluding tert-OH is 2. The summed E-state index contributed by atoms with van der Waals surface area (Å²) in [4.78, 5) is 8.77. The minimum Gasteiger partial charge on any atom is -0.383 e. The Morgan fingerprint density at radius 3 is 2.22 bits per heavy atom. The summed E-state index contributed by atoms with van der Waals surface area (Å²) in [6.45, 7) is 1.55. The molecule has 0 radical (unpaired) electrons. The van der Waals surface area contributed by atoms with Crippen LogP contribution in [0.5, 0.6) is 0 Å². The molecule has 5 nitrogen and oxygen atoms in total. The van der Waals surface area contributed by atoms with Crippen LogP contribution in [0.2, 0.25) is 0 Å². The van der Waals surface area contributed by atoms with Gasteiger partial charge in [0, 0.05) is 0 Å². The van der Waals surface area contributed by atoms with Crippen LogP contribution in [-0.2, 0) is 0 Å². The van der Waals surface area contributed by atoms with Gasteiger partial charge in [-0.05, 0) is 6.42 Å². The lowest BCUT2D eigenvalue weighted by Gasteiger charge is -2.06. The number of rotatable bonds is 3. The van der Waals surface area contributed by atoms with Crippen molar-refractivity contribution in [1.82, 2.24) is 0 Å². The lowest BCUT2D eigenvalue weighted by atomic mass is 10.2. The highest BCUT2D eigenvalue weighted by atomic mass is 16.7. The maximum absolute atomic E-state index is 9.70. The highest BCUT2D eigenvalue weighted by Crippen LogP contribution is 1.97. The number of nitrogens with zero attached hydrogens (tertiary/aromatic N) is 1. The van der Waals surface area contributed by atoms with Crippen molar-refractivity contribution in [2.75, 3.05) is 0 Å². The van der Waals surface area contributed by atoms with Gasteiger partial charge in [-0.25, -0.2) is 0 Å². The van der Waals surface area contributed by atoms with Crippen LogP contribution in [0.3, 0.4) is 0 Å². The molecule has 0 aromatic carbocycles. The molecule has 0 aromatic heterocycles. The van der Waals surface area contributed by atoms with E-state index in [1.807, 2.05) is 0 Å². The standard InChI is InChI=1S/C4H9NO4/c1-2-3(6)4(7)5(8)9/h3-4,6-7H,2H2,1H3. The summed E-state index contributed by atoms with van der Waals surface area (Å²) in [6, 6.07) is 0. The molecule has 0 saturated heterocycles.